The third kappa shape index (κ3) is 4.20. The molecular weight excluding hydrogens is 395 g/mol. The van der Waals surface area contributed by atoms with E-state index in [0.29, 0.717) is 27.8 Å². The van der Waals surface area contributed by atoms with Crippen LogP contribution in [-0.4, -0.2) is 20.6 Å². The number of nitrogens with zero attached hydrogens (tertiary/aromatic N) is 3. The van der Waals surface area contributed by atoms with Crippen molar-refractivity contribution in [2.45, 2.75) is 13.5 Å². The maximum Gasteiger partial charge on any atom is 0.274 e. The lowest BCUT2D eigenvalue weighted by Gasteiger charge is -2.09. The lowest BCUT2D eigenvalue weighted by molar-refractivity contribution is -0.116. The van der Waals surface area contributed by atoms with Crippen LogP contribution in [0.15, 0.2) is 65.3 Å². The van der Waals surface area contributed by atoms with Crippen LogP contribution in [0.1, 0.15) is 5.56 Å². The van der Waals surface area contributed by atoms with Crippen LogP contribution in [0.2, 0.25) is 5.02 Å². The predicted molar refractivity (Wildman–Crippen MR) is 108 cm³/mol. The summed E-state index contributed by atoms with van der Waals surface area (Å²) in [6, 6.07) is 15.2. The molecule has 0 unspecified atom stereocenters. The first-order chi connectivity index (χ1) is 14.0. The Balaban J connectivity index is 1.51. The Morgan fingerprint density at radius 2 is 2.07 bits per heavy atom. The molecule has 0 fully saturated rings. The molecule has 0 saturated heterocycles. The average Bonchev–Trinajstić information content (AvgIpc) is 3.34. The zero-order valence-electron chi connectivity index (χ0n) is 15.4. The van der Waals surface area contributed by atoms with Crippen molar-refractivity contribution < 1.29 is 13.7 Å². The molecule has 0 bridgehead atoms. The van der Waals surface area contributed by atoms with Gasteiger partial charge in [0.25, 0.3) is 5.89 Å². The van der Waals surface area contributed by atoms with Gasteiger partial charge in [0, 0.05) is 22.5 Å². The fourth-order valence-corrected chi connectivity index (χ4v) is 3.03. The number of aryl methyl sites for hydroxylation is 1. The first-order valence-corrected chi connectivity index (χ1v) is 9.18. The maximum absolute atomic E-state index is 13.7. The van der Waals surface area contributed by atoms with E-state index in [4.69, 9.17) is 16.1 Å². The van der Waals surface area contributed by atoms with Crippen LogP contribution >= 0.6 is 11.6 Å². The molecule has 2 aromatic heterocycles. The largest absolute Gasteiger partial charge is 0.334 e. The van der Waals surface area contributed by atoms with Crippen LogP contribution in [0.5, 0.6) is 0 Å². The van der Waals surface area contributed by atoms with Crippen molar-refractivity contribution in [2.75, 3.05) is 5.32 Å². The monoisotopic (exact) mass is 410 g/mol. The van der Waals surface area contributed by atoms with Crippen molar-refractivity contribution in [3.63, 3.8) is 0 Å². The summed E-state index contributed by atoms with van der Waals surface area (Å²) in [6.45, 7) is 1.67. The summed E-state index contributed by atoms with van der Waals surface area (Å²) in [7, 11) is 0. The van der Waals surface area contributed by atoms with Gasteiger partial charge in [-0.3, -0.25) is 4.79 Å². The molecule has 0 spiro atoms. The molecule has 0 atom stereocenters. The SMILES string of the molecule is Cc1ccc(NC(=O)Cn2cccc2-c2nc(-c3cccc(Cl)c3)no2)cc1F. The van der Waals surface area contributed by atoms with E-state index in [9.17, 15) is 9.18 Å². The first kappa shape index (κ1) is 18.9. The third-order valence-corrected chi connectivity index (χ3v) is 4.56. The molecular formula is C21H16ClFN4O2. The fraction of sp³-hybridized carbons (Fsp3) is 0.0952. The smallest absolute Gasteiger partial charge is 0.274 e. The van der Waals surface area contributed by atoms with Gasteiger partial charge >= 0.3 is 0 Å². The highest BCUT2D eigenvalue weighted by molar-refractivity contribution is 6.30. The highest BCUT2D eigenvalue weighted by Gasteiger charge is 2.16. The van der Waals surface area contributed by atoms with E-state index >= 15 is 0 Å². The van der Waals surface area contributed by atoms with Crippen molar-refractivity contribution in [3.05, 3.63) is 77.2 Å². The highest BCUT2D eigenvalue weighted by Crippen LogP contribution is 2.24. The van der Waals surface area contributed by atoms with Crippen LogP contribution in [0, 0.1) is 12.7 Å². The van der Waals surface area contributed by atoms with E-state index in [-0.39, 0.29) is 24.2 Å². The minimum Gasteiger partial charge on any atom is -0.334 e. The Hall–Kier alpha value is -3.45. The van der Waals surface area contributed by atoms with E-state index in [2.05, 4.69) is 15.5 Å². The maximum atomic E-state index is 13.7. The number of halogens is 2. The Kier molecular flexibility index (Phi) is 5.14. The summed E-state index contributed by atoms with van der Waals surface area (Å²) in [5, 5.41) is 7.24. The van der Waals surface area contributed by atoms with Crippen molar-refractivity contribution >= 4 is 23.2 Å². The number of anilines is 1. The number of aromatic nitrogens is 3. The molecule has 0 radical (unpaired) electrons. The van der Waals surface area contributed by atoms with Gasteiger partial charge in [-0.25, -0.2) is 4.39 Å². The summed E-state index contributed by atoms with van der Waals surface area (Å²) in [4.78, 5) is 16.8. The number of nitrogens with one attached hydrogen (secondary N) is 1. The van der Waals surface area contributed by atoms with Gasteiger partial charge in [-0.05, 0) is 48.9 Å². The molecule has 8 heteroatoms. The number of amides is 1. The van der Waals surface area contributed by atoms with E-state index in [1.807, 2.05) is 6.07 Å². The second kappa shape index (κ2) is 7.89. The van der Waals surface area contributed by atoms with Gasteiger partial charge in [-0.2, -0.15) is 4.98 Å². The molecule has 2 heterocycles. The topological polar surface area (TPSA) is 73.0 Å². The highest BCUT2D eigenvalue weighted by atomic mass is 35.5. The van der Waals surface area contributed by atoms with Crippen LogP contribution in [0.3, 0.4) is 0 Å². The molecule has 6 nitrogen and oxygen atoms in total. The summed E-state index contributed by atoms with van der Waals surface area (Å²) in [6.07, 6.45) is 1.73. The van der Waals surface area contributed by atoms with Gasteiger partial charge in [0.1, 0.15) is 18.1 Å². The van der Waals surface area contributed by atoms with E-state index in [1.54, 1.807) is 60.2 Å². The number of carbonyl (C=O) groups is 1. The number of benzene rings is 2. The predicted octanol–water partition coefficient (Wildman–Crippen LogP) is 4.94. The zero-order chi connectivity index (χ0) is 20.4. The van der Waals surface area contributed by atoms with Crippen LogP contribution < -0.4 is 5.32 Å². The molecule has 146 valence electrons. The van der Waals surface area contributed by atoms with Crippen LogP contribution in [0.4, 0.5) is 10.1 Å². The molecule has 1 amide bonds. The second-order valence-electron chi connectivity index (χ2n) is 6.47. The van der Waals surface area contributed by atoms with Crippen molar-refractivity contribution in [1.82, 2.24) is 14.7 Å². The number of rotatable bonds is 5. The molecule has 4 aromatic rings. The normalized spacial score (nSPS) is 10.9. The molecule has 0 aliphatic carbocycles. The molecule has 0 aliphatic rings. The fourth-order valence-electron chi connectivity index (χ4n) is 2.84. The Morgan fingerprint density at radius 1 is 1.21 bits per heavy atom. The first-order valence-electron chi connectivity index (χ1n) is 8.81. The Bertz CT molecular complexity index is 1180. The lowest BCUT2D eigenvalue weighted by atomic mass is 10.2. The second-order valence-corrected chi connectivity index (χ2v) is 6.90. The van der Waals surface area contributed by atoms with Gasteiger partial charge in [0.15, 0.2) is 0 Å². The van der Waals surface area contributed by atoms with Crippen LogP contribution in [-0.2, 0) is 11.3 Å². The van der Waals surface area contributed by atoms with Crippen molar-refractivity contribution in [1.29, 1.82) is 0 Å². The number of carbonyl (C=O) groups excluding carboxylic acids is 1. The molecule has 0 aliphatic heterocycles. The summed E-state index contributed by atoms with van der Waals surface area (Å²) < 4.78 is 20.7. The molecule has 29 heavy (non-hydrogen) atoms. The zero-order valence-corrected chi connectivity index (χ0v) is 16.2. The number of hydrogen-bond acceptors (Lipinski definition) is 4. The quantitative estimate of drug-likeness (QED) is 0.505. The minimum atomic E-state index is -0.371. The van der Waals surface area contributed by atoms with Crippen molar-refractivity contribution in [2.24, 2.45) is 0 Å². The minimum absolute atomic E-state index is 0.00665. The van der Waals surface area contributed by atoms with Crippen LogP contribution in [0.25, 0.3) is 23.0 Å². The molecule has 4 rings (SSSR count). The number of hydrogen-bond donors (Lipinski definition) is 1. The average molecular weight is 411 g/mol. The van der Waals surface area contributed by atoms with Gasteiger partial charge in [-0.15, -0.1) is 0 Å². The van der Waals surface area contributed by atoms with E-state index in [0.717, 1.165) is 5.56 Å². The lowest BCUT2D eigenvalue weighted by Crippen LogP contribution is -2.19. The molecule has 0 saturated carbocycles. The summed E-state index contributed by atoms with van der Waals surface area (Å²) >= 11 is 6.01. The Morgan fingerprint density at radius 3 is 2.86 bits per heavy atom. The third-order valence-electron chi connectivity index (χ3n) is 4.33. The van der Waals surface area contributed by atoms with Crippen molar-refractivity contribution in [3.8, 4) is 23.0 Å². The molecule has 2 aromatic carbocycles. The summed E-state index contributed by atoms with van der Waals surface area (Å²) in [5.41, 5.74) is 2.23. The Labute approximate surface area is 170 Å². The van der Waals surface area contributed by atoms with Gasteiger partial charge in [0.2, 0.25) is 11.7 Å². The standard InChI is InChI=1S/C21H16ClFN4O2/c1-13-7-8-16(11-17(13)23)24-19(28)12-27-9-3-6-18(27)21-25-20(26-29-21)14-4-2-5-15(22)10-14/h2-11H,12H2,1H3,(H,24,28). The van der Waals surface area contributed by atoms with Gasteiger partial charge in [-0.1, -0.05) is 35.0 Å². The van der Waals surface area contributed by atoms with Gasteiger partial charge in [0.05, 0.1) is 0 Å². The van der Waals surface area contributed by atoms with E-state index < -0.39 is 0 Å². The summed E-state index contributed by atoms with van der Waals surface area (Å²) in [5.74, 6) is -0.00173. The molecule has 1 N–H and O–H groups in total. The van der Waals surface area contributed by atoms with Gasteiger partial charge < -0.3 is 14.4 Å². The van der Waals surface area contributed by atoms with E-state index in [1.165, 1.54) is 6.07 Å².